The Bertz CT molecular complexity index is 695. The van der Waals surface area contributed by atoms with Crippen LogP contribution in [0.25, 0.3) is 0 Å². The van der Waals surface area contributed by atoms with Gasteiger partial charge in [0, 0.05) is 0 Å². The summed E-state index contributed by atoms with van der Waals surface area (Å²) in [7, 11) is -0.958. The molecule has 3 heteroatoms. The highest BCUT2D eigenvalue weighted by Crippen LogP contribution is 2.51. The van der Waals surface area contributed by atoms with Gasteiger partial charge < -0.3 is 0 Å². The molecule has 0 aliphatic carbocycles. The Hall–Kier alpha value is -2.13. The molecule has 0 aromatic heterocycles. The maximum Gasteiger partial charge on any atom is 0.124 e. The van der Waals surface area contributed by atoms with E-state index in [9.17, 15) is 8.78 Å². The van der Waals surface area contributed by atoms with Crippen LogP contribution >= 0.6 is 10.9 Å². The van der Waals surface area contributed by atoms with E-state index in [1.807, 2.05) is 42.5 Å². The third-order valence-electron chi connectivity index (χ3n) is 3.15. The van der Waals surface area contributed by atoms with Crippen molar-refractivity contribution in [1.82, 2.24) is 0 Å². The summed E-state index contributed by atoms with van der Waals surface area (Å²) in [5.41, 5.74) is 0. The number of thiol groups is 1. The maximum absolute atomic E-state index is 13.6. The molecular formula is C18H14F2S. The maximum atomic E-state index is 13.6. The van der Waals surface area contributed by atoms with Gasteiger partial charge in [-0.05, 0) is 63.2 Å². The third kappa shape index (κ3) is 3.14. The Morgan fingerprint density at radius 2 is 1.00 bits per heavy atom. The van der Waals surface area contributed by atoms with E-state index in [0.29, 0.717) is 0 Å². The van der Waals surface area contributed by atoms with Crippen molar-refractivity contribution in [1.29, 1.82) is 0 Å². The monoisotopic (exact) mass is 300 g/mol. The molecule has 0 spiro atoms. The number of halogens is 2. The molecule has 0 unspecified atom stereocenters. The molecule has 3 rings (SSSR count). The Balaban J connectivity index is 2.16. The van der Waals surface area contributed by atoms with Crippen LogP contribution in [0.4, 0.5) is 8.78 Å². The average Bonchev–Trinajstić information content (AvgIpc) is 2.49. The summed E-state index contributed by atoms with van der Waals surface area (Å²) in [6, 6.07) is 22.9. The molecule has 0 heterocycles. The Kier molecular flexibility index (Phi) is 4.02. The molecule has 0 nitrogen and oxygen atoms in total. The number of benzene rings is 3. The van der Waals surface area contributed by atoms with Crippen molar-refractivity contribution >= 4 is 10.9 Å². The minimum Gasteiger partial charge on any atom is -0.207 e. The van der Waals surface area contributed by atoms with Crippen molar-refractivity contribution in [3.8, 4) is 0 Å². The van der Waals surface area contributed by atoms with Crippen LogP contribution in [-0.2, 0) is 0 Å². The van der Waals surface area contributed by atoms with E-state index in [1.54, 1.807) is 12.1 Å². The van der Waals surface area contributed by atoms with E-state index in [1.165, 1.54) is 24.3 Å². The van der Waals surface area contributed by atoms with Gasteiger partial charge in [0.1, 0.15) is 11.6 Å². The first-order valence-corrected chi connectivity index (χ1v) is 7.94. The summed E-state index contributed by atoms with van der Waals surface area (Å²) in [4.78, 5) is 2.83. The standard InChI is InChI=1S/C18H14F2S/c19-14-6-4-10-17(12-14)21(16-8-2-1-3-9-16)18-11-5-7-15(20)13-18/h1-13,21H. The molecule has 0 N–H and O–H groups in total. The minimum atomic E-state index is -0.958. The molecule has 0 aliphatic heterocycles. The van der Waals surface area contributed by atoms with Crippen molar-refractivity contribution < 1.29 is 8.78 Å². The van der Waals surface area contributed by atoms with Crippen LogP contribution in [-0.4, -0.2) is 0 Å². The van der Waals surface area contributed by atoms with Crippen LogP contribution in [0, 0.1) is 11.6 Å². The third-order valence-corrected chi connectivity index (χ3v) is 5.55. The zero-order valence-corrected chi connectivity index (χ0v) is 12.1. The van der Waals surface area contributed by atoms with Crippen molar-refractivity contribution in [3.05, 3.63) is 90.5 Å². The highest BCUT2D eigenvalue weighted by Gasteiger charge is 2.13. The highest BCUT2D eigenvalue weighted by molar-refractivity contribution is 8.17. The molecule has 0 bridgehead atoms. The molecule has 3 aromatic carbocycles. The molecule has 3 aromatic rings. The summed E-state index contributed by atoms with van der Waals surface area (Å²) < 4.78 is 27.1. The average molecular weight is 300 g/mol. The quantitative estimate of drug-likeness (QED) is 0.611. The van der Waals surface area contributed by atoms with E-state index in [4.69, 9.17) is 0 Å². The number of rotatable bonds is 3. The summed E-state index contributed by atoms with van der Waals surface area (Å²) in [5.74, 6) is -0.542. The van der Waals surface area contributed by atoms with Crippen molar-refractivity contribution in [2.75, 3.05) is 0 Å². The molecule has 106 valence electrons. The summed E-state index contributed by atoms with van der Waals surface area (Å²) >= 11 is 0. The van der Waals surface area contributed by atoms with E-state index in [2.05, 4.69) is 0 Å². The molecule has 0 fully saturated rings. The predicted molar refractivity (Wildman–Crippen MR) is 83.0 cm³/mol. The van der Waals surface area contributed by atoms with Crippen LogP contribution in [0.15, 0.2) is 93.5 Å². The van der Waals surface area contributed by atoms with Gasteiger partial charge in [0.25, 0.3) is 0 Å². The van der Waals surface area contributed by atoms with E-state index < -0.39 is 10.9 Å². The van der Waals surface area contributed by atoms with Crippen LogP contribution in [0.1, 0.15) is 0 Å². The van der Waals surface area contributed by atoms with Gasteiger partial charge in [-0.2, -0.15) is 10.9 Å². The normalized spacial score (nSPS) is 11.2. The number of hydrogen-bond donors (Lipinski definition) is 1. The Morgan fingerprint density at radius 3 is 1.48 bits per heavy atom. The summed E-state index contributed by atoms with van der Waals surface area (Å²) in [6.07, 6.45) is 0. The SMILES string of the molecule is Fc1cccc([SH](c2ccccc2)c2cccc(F)c2)c1. The van der Waals surface area contributed by atoms with Gasteiger partial charge in [0.15, 0.2) is 0 Å². The molecule has 0 saturated heterocycles. The molecule has 21 heavy (non-hydrogen) atoms. The molecule has 0 atom stereocenters. The topological polar surface area (TPSA) is 0 Å². The van der Waals surface area contributed by atoms with Crippen molar-refractivity contribution in [2.24, 2.45) is 0 Å². The van der Waals surface area contributed by atoms with Crippen LogP contribution in [0.2, 0.25) is 0 Å². The summed E-state index contributed by atoms with van der Waals surface area (Å²) in [6.45, 7) is 0. The zero-order chi connectivity index (χ0) is 14.7. The van der Waals surface area contributed by atoms with Crippen molar-refractivity contribution in [2.45, 2.75) is 14.7 Å². The molecule has 0 saturated carbocycles. The first kappa shape index (κ1) is 13.8. The van der Waals surface area contributed by atoms with Gasteiger partial charge >= 0.3 is 0 Å². The lowest BCUT2D eigenvalue weighted by Gasteiger charge is -2.23. The Morgan fingerprint density at radius 1 is 0.524 bits per heavy atom. The lowest BCUT2D eigenvalue weighted by Crippen LogP contribution is -1.90. The Labute approximate surface area is 125 Å². The van der Waals surface area contributed by atoms with E-state index in [0.717, 1.165) is 14.7 Å². The van der Waals surface area contributed by atoms with Crippen molar-refractivity contribution in [3.63, 3.8) is 0 Å². The van der Waals surface area contributed by atoms with Crippen LogP contribution in [0.5, 0.6) is 0 Å². The smallest absolute Gasteiger partial charge is 0.124 e. The number of hydrogen-bond acceptors (Lipinski definition) is 0. The van der Waals surface area contributed by atoms with Gasteiger partial charge in [0.2, 0.25) is 0 Å². The predicted octanol–water partition coefficient (Wildman–Crippen LogP) is 5.44. The molecule has 0 radical (unpaired) electrons. The van der Waals surface area contributed by atoms with Crippen LogP contribution in [0.3, 0.4) is 0 Å². The van der Waals surface area contributed by atoms with E-state index >= 15 is 0 Å². The second-order valence-corrected chi connectivity index (χ2v) is 6.85. The molecule has 0 aliphatic rings. The van der Waals surface area contributed by atoms with Gasteiger partial charge in [-0.1, -0.05) is 30.3 Å². The lowest BCUT2D eigenvalue weighted by atomic mass is 10.3. The van der Waals surface area contributed by atoms with Gasteiger partial charge in [-0.15, -0.1) is 0 Å². The van der Waals surface area contributed by atoms with Crippen LogP contribution < -0.4 is 0 Å². The largest absolute Gasteiger partial charge is 0.207 e. The van der Waals surface area contributed by atoms with Gasteiger partial charge in [-0.3, -0.25) is 0 Å². The lowest BCUT2D eigenvalue weighted by molar-refractivity contribution is 0.623. The second kappa shape index (κ2) is 6.10. The first-order valence-electron chi connectivity index (χ1n) is 6.60. The fourth-order valence-corrected chi connectivity index (χ4v) is 4.59. The van der Waals surface area contributed by atoms with E-state index in [-0.39, 0.29) is 11.6 Å². The highest BCUT2D eigenvalue weighted by atomic mass is 32.2. The second-order valence-electron chi connectivity index (χ2n) is 4.63. The fourth-order valence-electron chi connectivity index (χ4n) is 2.25. The fraction of sp³-hybridized carbons (Fsp3) is 0. The van der Waals surface area contributed by atoms with Gasteiger partial charge in [-0.25, -0.2) is 8.78 Å². The zero-order valence-electron chi connectivity index (χ0n) is 11.2. The molecule has 0 amide bonds. The van der Waals surface area contributed by atoms with Gasteiger partial charge in [0.05, 0.1) is 0 Å². The molecular weight excluding hydrogens is 286 g/mol. The summed E-state index contributed by atoms with van der Waals surface area (Å²) in [5, 5.41) is 0. The minimum absolute atomic E-state index is 0.271. The first-order chi connectivity index (χ1) is 10.2.